The predicted molar refractivity (Wildman–Crippen MR) is 57.7 cm³/mol. The van der Waals surface area contributed by atoms with E-state index < -0.39 is 0 Å². The van der Waals surface area contributed by atoms with Gasteiger partial charge < -0.3 is 5.73 Å². The average molecular weight is 188 g/mol. The molecule has 0 saturated heterocycles. The van der Waals surface area contributed by atoms with E-state index in [0.29, 0.717) is 5.56 Å². The van der Waals surface area contributed by atoms with Crippen molar-refractivity contribution in [3.8, 4) is 6.07 Å². The highest BCUT2D eigenvalue weighted by Gasteiger charge is 2.07. The van der Waals surface area contributed by atoms with Gasteiger partial charge in [0.05, 0.1) is 11.6 Å². The van der Waals surface area contributed by atoms with Gasteiger partial charge >= 0.3 is 0 Å². The second-order valence-electron chi connectivity index (χ2n) is 3.58. The minimum absolute atomic E-state index is 0.104. The van der Waals surface area contributed by atoms with Crippen LogP contribution >= 0.6 is 0 Å². The van der Waals surface area contributed by atoms with Gasteiger partial charge in [0.25, 0.3) is 0 Å². The highest BCUT2D eigenvalue weighted by atomic mass is 14.6. The molecule has 0 aliphatic carbocycles. The van der Waals surface area contributed by atoms with Crippen molar-refractivity contribution >= 4 is 0 Å². The number of rotatable bonds is 3. The monoisotopic (exact) mass is 188 g/mol. The molecule has 0 heterocycles. The number of nitrogens with zero attached hydrogens (tertiary/aromatic N) is 1. The van der Waals surface area contributed by atoms with Crippen LogP contribution < -0.4 is 5.73 Å². The van der Waals surface area contributed by atoms with Gasteiger partial charge in [0, 0.05) is 6.04 Å². The van der Waals surface area contributed by atoms with Crippen LogP contribution in [0.25, 0.3) is 0 Å². The highest BCUT2D eigenvalue weighted by molar-refractivity contribution is 5.38. The van der Waals surface area contributed by atoms with Crippen molar-refractivity contribution in [2.75, 3.05) is 0 Å². The summed E-state index contributed by atoms with van der Waals surface area (Å²) in [6.45, 7) is 4.13. The summed E-state index contributed by atoms with van der Waals surface area (Å²) < 4.78 is 0. The van der Waals surface area contributed by atoms with Crippen molar-refractivity contribution in [3.63, 3.8) is 0 Å². The SMILES string of the molecule is CCCC(N)c1ccc(C#N)cc1C. The van der Waals surface area contributed by atoms with Gasteiger partial charge in [-0.25, -0.2) is 0 Å². The van der Waals surface area contributed by atoms with Gasteiger partial charge in [-0.2, -0.15) is 5.26 Å². The normalized spacial score (nSPS) is 12.1. The Morgan fingerprint density at radius 1 is 1.50 bits per heavy atom. The molecule has 0 saturated carbocycles. The zero-order chi connectivity index (χ0) is 10.6. The predicted octanol–water partition coefficient (Wildman–Crippen LogP) is 2.67. The molecule has 2 heteroatoms. The quantitative estimate of drug-likeness (QED) is 0.792. The topological polar surface area (TPSA) is 49.8 Å². The Bertz CT molecular complexity index is 350. The summed E-state index contributed by atoms with van der Waals surface area (Å²) in [7, 11) is 0. The van der Waals surface area contributed by atoms with Gasteiger partial charge in [-0.15, -0.1) is 0 Å². The van der Waals surface area contributed by atoms with E-state index in [0.717, 1.165) is 24.0 Å². The van der Waals surface area contributed by atoms with E-state index in [9.17, 15) is 0 Å². The highest BCUT2D eigenvalue weighted by Crippen LogP contribution is 2.20. The number of aryl methyl sites for hydroxylation is 1. The molecule has 0 radical (unpaired) electrons. The fourth-order valence-corrected chi connectivity index (χ4v) is 1.63. The molecule has 0 amide bonds. The van der Waals surface area contributed by atoms with Crippen molar-refractivity contribution in [2.24, 2.45) is 5.73 Å². The summed E-state index contributed by atoms with van der Waals surface area (Å²) >= 11 is 0. The molecular weight excluding hydrogens is 172 g/mol. The van der Waals surface area contributed by atoms with Gasteiger partial charge in [0.1, 0.15) is 0 Å². The summed E-state index contributed by atoms with van der Waals surface area (Å²) in [5, 5.41) is 8.71. The van der Waals surface area contributed by atoms with Gasteiger partial charge in [0.15, 0.2) is 0 Å². The standard InChI is InChI=1S/C12H16N2/c1-3-4-12(14)11-6-5-10(8-13)7-9(11)2/h5-7,12H,3-4,14H2,1-2H3. The Kier molecular flexibility index (Phi) is 3.67. The maximum absolute atomic E-state index is 8.71. The lowest BCUT2D eigenvalue weighted by Gasteiger charge is -2.13. The third-order valence-electron chi connectivity index (χ3n) is 2.40. The van der Waals surface area contributed by atoms with Gasteiger partial charge in [-0.3, -0.25) is 0 Å². The Hall–Kier alpha value is -1.33. The first kappa shape index (κ1) is 10.7. The second kappa shape index (κ2) is 4.78. The number of nitriles is 1. The van der Waals surface area contributed by atoms with Crippen LogP contribution in [0.4, 0.5) is 0 Å². The Labute approximate surface area is 85.4 Å². The lowest BCUT2D eigenvalue weighted by Crippen LogP contribution is -2.11. The molecule has 0 spiro atoms. The van der Waals surface area contributed by atoms with E-state index in [2.05, 4.69) is 13.0 Å². The molecular formula is C12H16N2. The zero-order valence-corrected chi connectivity index (χ0v) is 8.75. The zero-order valence-electron chi connectivity index (χ0n) is 8.75. The van der Waals surface area contributed by atoms with Crippen LogP contribution in [-0.2, 0) is 0 Å². The second-order valence-corrected chi connectivity index (χ2v) is 3.58. The molecule has 1 aromatic rings. The molecule has 0 aliphatic heterocycles. The lowest BCUT2D eigenvalue weighted by molar-refractivity contribution is 0.635. The van der Waals surface area contributed by atoms with E-state index in [1.807, 2.05) is 25.1 Å². The Morgan fingerprint density at radius 3 is 2.71 bits per heavy atom. The number of hydrogen-bond donors (Lipinski definition) is 1. The first-order valence-corrected chi connectivity index (χ1v) is 4.95. The fraction of sp³-hybridized carbons (Fsp3) is 0.417. The molecule has 1 aromatic carbocycles. The van der Waals surface area contributed by atoms with Crippen LogP contribution in [0.5, 0.6) is 0 Å². The van der Waals surface area contributed by atoms with Gasteiger partial charge in [-0.05, 0) is 36.6 Å². The van der Waals surface area contributed by atoms with E-state index in [4.69, 9.17) is 11.0 Å². The van der Waals surface area contributed by atoms with Crippen molar-refractivity contribution in [1.82, 2.24) is 0 Å². The van der Waals surface area contributed by atoms with E-state index in [1.54, 1.807) is 0 Å². The summed E-state index contributed by atoms with van der Waals surface area (Å²) in [6, 6.07) is 7.92. The Balaban J connectivity index is 2.95. The lowest BCUT2D eigenvalue weighted by atomic mass is 9.97. The maximum atomic E-state index is 8.71. The molecule has 0 bridgehead atoms. The van der Waals surface area contributed by atoms with Crippen LogP contribution in [0.1, 0.15) is 42.5 Å². The number of nitrogens with two attached hydrogens (primary N) is 1. The fourth-order valence-electron chi connectivity index (χ4n) is 1.63. The third kappa shape index (κ3) is 2.34. The molecule has 1 unspecified atom stereocenters. The summed E-state index contributed by atoms with van der Waals surface area (Å²) in [5.41, 5.74) is 8.99. The van der Waals surface area contributed by atoms with E-state index in [1.165, 1.54) is 0 Å². The minimum atomic E-state index is 0.104. The summed E-state index contributed by atoms with van der Waals surface area (Å²) in [5.74, 6) is 0. The van der Waals surface area contributed by atoms with Crippen LogP contribution in [0, 0.1) is 18.3 Å². The Morgan fingerprint density at radius 2 is 2.21 bits per heavy atom. The minimum Gasteiger partial charge on any atom is -0.324 e. The largest absolute Gasteiger partial charge is 0.324 e. The average Bonchev–Trinajstić information content (AvgIpc) is 2.17. The molecule has 0 aliphatic rings. The molecule has 2 N–H and O–H groups in total. The van der Waals surface area contributed by atoms with E-state index in [-0.39, 0.29) is 6.04 Å². The number of benzene rings is 1. The smallest absolute Gasteiger partial charge is 0.0991 e. The van der Waals surface area contributed by atoms with Crippen molar-refractivity contribution in [1.29, 1.82) is 5.26 Å². The van der Waals surface area contributed by atoms with Gasteiger partial charge in [-0.1, -0.05) is 19.4 Å². The van der Waals surface area contributed by atoms with E-state index >= 15 is 0 Å². The van der Waals surface area contributed by atoms with Crippen LogP contribution in [0.3, 0.4) is 0 Å². The molecule has 2 nitrogen and oxygen atoms in total. The molecule has 74 valence electrons. The molecule has 14 heavy (non-hydrogen) atoms. The van der Waals surface area contributed by atoms with Crippen molar-refractivity contribution in [2.45, 2.75) is 32.7 Å². The maximum Gasteiger partial charge on any atom is 0.0991 e. The van der Waals surface area contributed by atoms with Gasteiger partial charge in [0.2, 0.25) is 0 Å². The first-order chi connectivity index (χ1) is 6.69. The van der Waals surface area contributed by atoms with Crippen molar-refractivity contribution < 1.29 is 0 Å². The first-order valence-electron chi connectivity index (χ1n) is 4.95. The molecule has 0 aromatic heterocycles. The van der Waals surface area contributed by atoms with Crippen molar-refractivity contribution in [3.05, 3.63) is 34.9 Å². The molecule has 0 fully saturated rings. The number of hydrogen-bond acceptors (Lipinski definition) is 2. The molecule has 1 rings (SSSR count). The van der Waals surface area contributed by atoms with Crippen LogP contribution in [0.2, 0.25) is 0 Å². The summed E-state index contributed by atoms with van der Waals surface area (Å²) in [4.78, 5) is 0. The van der Waals surface area contributed by atoms with Crippen LogP contribution in [0.15, 0.2) is 18.2 Å². The molecule has 1 atom stereocenters. The van der Waals surface area contributed by atoms with Crippen LogP contribution in [-0.4, -0.2) is 0 Å². The summed E-state index contributed by atoms with van der Waals surface area (Å²) in [6.07, 6.45) is 2.08. The third-order valence-corrected chi connectivity index (χ3v) is 2.40.